The largest absolute Gasteiger partial charge is 0.454 e. The first-order chi connectivity index (χ1) is 12.6. The van der Waals surface area contributed by atoms with Crippen molar-refractivity contribution < 1.29 is 22.6 Å². The van der Waals surface area contributed by atoms with Crippen molar-refractivity contribution in [1.29, 1.82) is 0 Å². The van der Waals surface area contributed by atoms with Gasteiger partial charge in [-0.1, -0.05) is 0 Å². The lowest BCUT2D eigenvalue weighted by molar-refractivity contribution is 0.174. The Balaban J connectivity index is 1.54. The zero-order valence-corrected chi connectivity index (χ0v) is 13.1. The summed E-state index contributed by atoms with van der Waals surface area (Å²) < 4.78 is 50.6. The van der Waals surface area contributed by atoms with Crippen molar-refractivity contribution >= 4 is 23.1 Å². The Hall–Kier alpha value is -3.49. The van der Waals surface area contributed by atoms with Gasteiger partial charge in [-0.25, -0.2) is 18.2 Å². The van der Waals surface area contributed by atoms with Crippen LogP contribution in [0.5, 0.6) is 11.5 Å². The van der Waals surface area contributed by atoms with Crippen LogP contribution >= 0.6 is 0 Å². The highest BCUT2D eigenvalue weighted by Gasteiger charge is 2.15. The second kappa shape index (κ2) is 6.43. The first kappa shape index (κ1) is 16.0. The number of benzene rings is 2. The van der Waals surface area contributed by atoms with Crippen molar-refractivity contribution in [3.05, 3.63) is 60.0 Å². The summed E-state index contributed by atoms with van der Waals surface area (Å²) in [6, 6.07) is 8.74. The van der Waals surface area contributed by atoms with Gasteiger partial charge in [-0.05, 0) is 30.3 Å². The molecule has 6 nitrogen and oxygen atoms in total. The van der Waals surface area contributed by atoms with Crippen LogP contribution in [0, 0.1) is 17.5 Å². The Labute approximate surface area is 145 Å². The van der Waals surface area contributed by atoms with Crippen LogP contribution in [0.25, 0.3) is 0 Å². The zero-order valence-electron chi connectivity index (χ0n) is 13.1. The van der Waals surface area contributed by atoms with Gasteiger partial charge in [-0.3, -0.25) is 0 Å². The van der Waals surface area contributed by atoms with E-state index in [1.165, 1.54) is 6.20 Å². The van der Waals surface area contributed by atoms with E-state index in [0.717, 1.165) is 12.1 Å². The fraction of sp³-hybridized carbons (Fsp3) is 0.0588. The van der Waals surface area contributed by atoms with E-state index < -0.39 is 17.5 Å². The fourth-order valence-corrected chi connectivity index (χ4v) is 2.35. The van der Waals surface area contributed by atoms with Crippen LogP contribution in [0.4, 0.5) is 36.3 Å². The summed E-state index contributed by atoms with van der Waals surface area (Å²) in [5.41, 5.74) is 0.419. The third-order valence-corrected chi connectivity index (χ3v) is 3.58. The molecule has 0 saturated heterocycles. The normalized spacial score (nSPS) is 12.1. The molecule has 0 bridgehead atoms. The molecular formula is C17H11F3N4O2. The number of hydrogen-bond donors (Lipinski definition) is 2. The quantitative estimate of drug-likeness (QED) is 0.683. The maximum atomic E-state index is 13.7. The molecule has 1 aromatic heterocycles. The second-order valence-corrected chi connectivity index (χ2v) is 5.31. The van der Waals surface area contributed by atoms with E-state index in [4.69, 9.17) is 9.47 Å². The third-order valence-electron chi connectivity index (χ3n) is 3.58. The highest BCUT2D eigenvalue weighted by atomic mass is 19.2. The summed E-state index contributed by atoms with van der Waals surface area (Å²) in [6.45, 7) is 0.167. The van der Waals surface area contributed by atoms with Crippen LogP contribution in [0.1, 0.15) is 0 Å². The van der Waals surface area contributed by atoms with Crippen LogP contribution in [-0.2, 0) is 0 Å². The molecule has 1 aliphatic heterocycles. The summed E-state index contributed by atoms with van der Waals surface area (Å²) in [6.07, 6.45) is 1.43. The van der Waals surface area contributed by atoms with Gasteiger partial charge in [-0.2, -0.15) is 4.98 Å². The van der Waals surface area contributed by atoms with Crippen LogP contribution < -0.4 is 20.1 Å². The van der Waals surface area contributed by atoms with E-state index in [9.17, 15) is 13.2 Å². The van der Waals surface area contributed by atoms with Gasteiger partial charge in [0, 0.05) is 18.0 Å². The van der Waals surface area contributed by atoms with Crippen molar-refractivity contribution in [2.45, 2.75) is 0 Å². The van der Waals surface area contributed by atoms with E-state index in [1.807, 2.05) is 0 Å². The standard InChI is InChI=1S/C17H11F3N4O2/c18-10-2-3-11(16(20)15(10)19)23-17-21-6-5-14(24-17)22-9-1-4-12-13(7-9)26-8-25-12/h1-7H,8H2,(H2,21,22,23,24). The number of halogens is 3. The molecule has 0 saturated carbocycles. The molecule has 1 aliphatic rings. The molecule has 4 rings (SSSR count). The first-order valence-corrected chi connectivity index (χ1v) is 7.50. The average Bonchev–Trinajstić information content (AvgIpc) is 3.10. The van der Waals surface area contributed by atoms with Crippen LogP contribution in [0.3, 0.4) is 0 Å². The van der Waals surface area contributed by atoms with Crippen molar-refractivity contribution in [3.63, 3.8) is 0 Å². The van der Waals surface area contributed by atoms with Crippen LogP contribution in [0.15, 0.2) is 42.6 Å². The van der Waals surface area contributed by atoms with E-state index in [1.54, 1.807) is 24.3 Å². The Bertz CT molecular complexity index is 984. The van der Waals surface area contributed by atoms with Crippen molar-refractivity contribution in [2.75, 3.05) is 17.4 Å². The van der Waals surface area contributed by atoms with E-state index >= 15 is 0 Å². The number of anilines is 4. The van der Waals surface area contributed by atoms with Gasteiger partial charge in [-0.15, -0.1) is 0 Å². The monoisotopic (exact) mass is 360 g/mol. The average molecular weight is 360 g/mol. The molecule has 0 fully saturated rings. The Morgan fingerprint density at radius 3 is 2.62 bits per heavy atom. The van der Waals surface area contributed by atoms with Gasteiger partial charge in [0.2, 0.25) is 12.7 Å². The predicted molar refractivity (Wildman–Crippen MR) is 87.5 cm³/mol. The van der Waals surface area contributed by atoms with E-state index in [0.29, 0.717) is 23.0 Å². The molecule has 0 radical (unpaired) electrons. The zero-order chi connectivity index (χ0) is 18.1. The molecular weight excluding hydrogens is 349 g/mol. The number of nitrogens with one attached hydrogen (secondary N) is 2. The maximum absolute atomic E-state index is 13.7. The molecule has 0 atom stereocenters. The van der Waals surface area contributed by atoms with Gasteiger partial charge in [0.05, 0.1) is 5.69 Å². The fourth-order valence-electron chi connectivity index (χ4n) is 2.35. The molecule has 0 aliphatic carbocycles. The minimum absolute atomic E-state index is 0.0145. The molecule has 0 spiro atoms. The molecule has 132 valence electrons. The van der Waals surface area contributed by atoms with Crippen LogP contribution in [0.2, 0.25) is 0 Å². The smallest absolute Gasteiger partial charge is 0.231 e. The number of aromatic nitrogens is 2. The number of hydrogen-bond acceptors (Lipinski definition) is 6. The summed E-state index contributed by atoms with van der Waals surface area (Å²) in [4.78, 5) is 8.10. The number of nitrogens with zero attached hydrogens (tertiary/aromatic N) is 2. The third kappa shape index (κ3) is 3.06. The summed E-state index contributed by atoms with van der Waals surface area (Å²) in [5.74, 6) is -2.51. The highest BCUT2D eigenvalue weighted by Crippen LogP contribution is 2.35. The molecule has 2 aromatic carbocycles. The van der Waals surface area contributed by atoms with Crippen molar-refractivity contribution in [3.8, 4) is 11.5 Å². The van der Waals surface area contributed by atoms with Crippen molar-refractivity contribution in [2.24, 2.45) is 0 Å². The summed E-state index contributed by atoms with van der Waals surface area (Å²) in [7, 11) is 0. The SMILES string of the molecule is Fc1ccc(Nc2nccc(Nc3ccc4c(c3)OCO4)n2)c(F)c1F. The lowest BCUT2D eigenvalue weighted by atomic mass is 10.3. The molecule has 9 heteroatoms. The van der Waals surface area contributed by atoms with E-state index in [-0.39, 0.29) is 18.4 Å². The van der Waals surface area contributed by atoms with Gasteiger partial charge in [0.25, 0.3) is 0 Å². The second-order valence-electron chi connectivity index (χ2n) is 5.31. The minimum atomic E-state index is -1.57. The van der Waals surface area contributed by atoms with Crippen LogP contribution in [-0.4, -0.2) is 16.8 Å². The number of fused-ring (bicyclic) bond motifs is 1. The highest BCUT2D eigenvalue weighted by molar-refractivity contribution is 5.63. The molecule has 26 heavy (non-hydrogen) atoms. The predicted octanol–water partition coefficient (Wildman–Crippen LogP) is 4.11. The Morgan fingerprint density at radius 2 is 1.73 bits per heavy atom. The number of rotatable bonds is 4. The molecule has 0 amide bonds. The van der Waals surface area contributed by atoms with Crippen molar-refractivity contribution in [1.82, 2.24) is 9.97 Å². The maximum Gasteiger partial charge on any atom is 0.231 e. The van der Waals surface area contributed by atoms with Gasteiger partial charge in [0.1, 0.15) is 5.82 Å². The lowest BCUT2D eigenvalue weighted by Gasteiger charge is -2.10. The van der Waals surface area contributed by atoms with Gasteiger partial charge >= 0.3 is 0 Å². The molecule has 3 aromatic rings. The van der Waals surface area contributed by atoms with Gasteiger partial charge < -0.3 is 20.1 Å². The molecule has 2 N–H and O–H groups in total. The molecule has 2 heterocycles. The lowest BCUT2D eigenvalue weighted by Crippen LogP contribution is -2.03. The van der Waals surface area contributed by atoms with Gasteiger partial charge in [0.15, 0.2) is 29.0 Å². The Kier molecular flexibility index (Phi) is 3.96. The van der Waals surface area contributed by atoms with E-state index in [2.05, 4.69) is 20.6 Å². The first-order valence-electron chi connectivity index (χ1n) is 7.50. The topological polar surface area (TPSA) is 68.3 Å². The minimum Gasteiger partial charge on any atom is -0.454 e. The molecule has 0 unspecified atom stereocenters. The summed E-state index contributed by atoms with van der Waals surface area (Å²) in [5, 5.41) is 5.56. The summed E-state index contributed by atoms with van der Waals surface area (Å²) >= 11 is 0. The Morgan fingerprint density at radius 1 is 0.885 bits per heavy atom. The number of ether oxygens (including phenoxy) is 2.